The molecule has 0 aliphatic heterocycles. The molecular weight excluding hydrogens is 246 g/mol. The smallest absolute Gasteiger partial charge is 0.407 e. The molecule has 0 saturated carbocycles. The standard InChI is InChI=1S/C13H17N3O3/c1-13(2,3)19-12(18)14-7-5-4-6-10-8-16-11(17)9-15-10/h8-9H,5,7H2,1-3H3,(H,14,18)(H,16,17). The monoisotopic (exact) mass is 263 g/mol. The summed E-state index contributed by atoms with van der Waals surface area (Å²) in [7, 11) is 0. The molecular formula is C13H17N3O3. The third-order valence-corrected chi connectivity index (χ3v) is 1.81. The highest BCUT2D eigenvalue weighted by atomic mass is 16.6. The first-order chi connectivity index (χ1) is 8.87. The number of aromatic amines is 1. The van der Waals surface area contributed by atoms with E-state index in [9.17, 15) is 9.59 Å². The number of carbonyl (C=O) groups is 1. The molecule has 0 unspecified atom stereocenters. The first kappa shape index (κ1) is 14.8. The summed E-state index contributed by atoms with van der Waals surface area (Å²) in [6.07, 6.45) is 2.62. The van der Waals surface area contributed by atoms with Crippen LogP contribution in [0.1, 0.15) is 32.9 Å². The minimum Gasteiger partial charge on any atom is -0.444 e. The minimum absolute atomic E-state index is 0.267. The summed E-state index contributed by atoms with van der Waals surface area (Å²) in [6.45, 7) is 5.79. The summed E-state index contributed by atoms with van der Waals surface area (Å²) in [5, 5.41) is 2.59. The third kappa shape index (κ3) is 6.88. The Hall–Kier alpha value is -2.29. The van der Waals surface area contributed by atoms with Crippen molar-refractivity contribution in [1.82, 2.24) is 15.3 Å². The van der Waals surface area contributed by atoms with Gasteiger partial charge in [-0.25, -0.2) is 9.78 Å². The Balaban J connectivity index is 2.30. The van der Waals surface area contributed by atoms with Gasteiger partial charge in [0.15, 0.2) is 0 Å². The summed E-state index contributed by atoms with van der Waals surface area (Å²) in [5.74, 6) is 5.60. The van der Waals surface area contributed by atoms with Gasteiger partial charge in [0.05, 0.1) is 6.20 Å². The second-order valence-electron chi connectivity index (χ2n) is 4.78. The first-order valence-electron chi connectivity index (χ1n) is 5.87. The van der Waals surface area contributed by atoms with Crippen LogP contribution in [-0.2, 0) is 4.74 Å². The van der Waals surface area contributed by atoms with Gasteiger partial charge in [0.1, 0.15) is 11.3 Å². The number of aromatic nitrogens is 2. The Kier molecular flexibility index (Phi) is 5.12. The predicted octanol–water partition coefficient (Wildman–Crippen LogP) is 1.04. The van der Waals surface area contributed by atoms with Crippen LogP contribution in [-0.4, -0.2) is 28.2 Å². The van der Waals surface area contributed by atoms with Crippen LogP contribution < -0.4 is 10.9 Å². The molecule has 19 heavy (non-hydrogen) atoms. The lowest BCUT2D eigenvalue weighted by Gasteiger charge is -2.19. The molecule has 0 spiro atoms. The molecule has 1 aromatic rings. The van der Waals surface area contributed by atoms with Crippen molar-refractivity contribution in [3.8, 4) is 11.8 Å². The van der Waals surface area contributed by atoms with Gasteiger partial charge in [-0.1, -0.05) is 5.92 Å². The second kappa shape index (κ2) is 6.59. The molecule has 1 heterocycles. The van der Waals surface area contributed by atoms with Crippen molar-refractivity contribution >= 4 is 6.09 Å². The van der Waals surface area contributed by atoms with E-state index in [4.69, 9.17) is 4.74 Å². The number of rotatable bonds is 2. The number of nitrogens with zero attached hydrogens (tertiary/aromatic N) is 1. The molecule has 6 heteroatoms. The van der Waals surface area contributed by atoms with Crippen molar-refractivity contribution in [3.05, 3.63) is 28.4 Å². The minimum atomic E-state index is -0.504. The number of H-pyrrole nitrogens is 1. The molecule has 0 saturated heterocycles. The van der Waals surface area contributed by atoms with Crippen LogP contribution in [0.4, 0.5) is 4.79 Å². The van der Waals surface area contributed by atoms with E-state index in [1.807, 2.05) is 0 Å². The number of nitrogens with one attached hydrogen (secondary N) is 2. The maximum atomic E-state index is 11.3. The van der Waals surface area contributed by atoms with Gasteiger partial charge in [0.2, 0.25) is 0 Å². The highest BCUT2D eigenvalue weighted by Gasteiger charge is 2.15. The zero-order valence-electron chi connectivity index (χ0n) is 11.2. The van der Waals surface area contributed by atoms with Gasteiger partial charge in [0, 0.05) is 19.2 Å². The molecule has 2 N–H and O–H groups in total. The zero-order chi connectivity index (χ0) is 14.3. The van der Waals surface area contributed by atoms with Gasteiger partial charge in [-0.15, -0.1) is 0 Å². The molecule has 0 aliphatic carbocycles. The number of carbonyl (C=O) groups excluding carboxylic acids is 1. The van der Waals surface area contributed by atoms with Gasteiger partial charge < -0.3 is 15.0 Å². The third-order valence-electron chi connectivity index (χ3n) is 1.81. The second-order valence-corrected chi connectivity index (χ2v) is 4.78. The van der Waals surface area contributed by atoms with Crippen molar-refractivity contribution < 1.29 is 9.53 Å². The van der Waals surface area contributed by atoms with Crippen LogP contribution in [0.3, 0.4) is 0 Å². The Morgan fingerprint density at radius 2 is 2.26 bits per heavy atom. The molecule has 1 aromatic heterocycles. The summed E-state index contributed by atoms with van der Waals surface area (Å²) < 4.78 is 5.07. The fraction of sp³-hybridized carbons (Fsp3) is 0.462. The van der Waals surface area contributed by atoms with Crippen LogP contribution in [0.5, 0.6) is 0 Å². The molecule has 0 atom stereocenters. The maximum absolute atomic E-state index is 11.3. The van der Waals surface area contributed by atoms with Crippen molar-refractivity contribution in [2.24, 2.45) is 0 Å². The first-order valence-corrected chi connectivity index (χ1v) is 5.87. The lowest BCUT2D eigenvalue weighted by molar-refractivity contribution is 0.0529. The van der Waals surface area contributed by atoms with Crippen LogP contribution in [0.2, 0.25) is 0 Å². The topological polar surface area (TPSA) is 84.1 Å². The highest BCUT2D eigenvalue weighted by molar-refractivity contribution is 5.67. The van der Waals surface area contributed by atoms with Crippen molar-refractivity contribution in [2.75, 3.05) is 6.54 Å². The molecule has 0 bridgehead atoms. The van der Waals surface area contributed by atoms with E-state index >= 15 is 0 Å². The molecule has 1 amide bonds. The van der Waals surface area contributed by atoms with Crippen LogP contribution in [0.15, 0.2) is 17.2 Å². The van der Waals surface area contributed by atoms with Gasteiger partial charge in [-0.05, 0) is 26.7 Å². The summed E-state index contributed by atoms with van der Waals surface area (Å²) >= 11 is 0. The number of hydrogen-bond donors (Lipinski definition) is 2. The Morgan fingerprint density at radius 1 is 1.53 bits per heavy atom. The largest absolute Gasteiger partial charge is 0.444 e. The summed E-state index contributed by atoms with van der Waals surface area (Å²) in [6, 6.07) is 0. The normalized spacial score (nSPS) is 10.3. The van der Waals surface area contributed by atoms with E-state index in [1.165, 1.54) is 12.4 Å². The van der Waals surface area contributed by atoms with Gasteiger partial charge in [0.25, 0.3) is 5.56 Å². The molecule has 102 valence electrons. The molecule has 6 nitrogen and oxygen atoms in total. The van der Waals surface area contributed by atoms with Crippen molar-refractivity contribution in [2.45, 2.75) is 32.8 Å². The zero-order valence-corrected chi connectivity index (χ0v) is 11.2. The van der Waals surface area contributed by atoms with Crippen molar-refractivity contribution in [3.63, 3.8) is 0 Å². The number of alkyl carbamates (subject to hydrolysis) is 1. The maximum Gasteiger partial charge on any atom is 0.407 e. The highest BCUT2D eigenvalue weighted by Crippen LogP contribution is 2.06. The average Bonchev–Trinajstić information content (AvgIpc) is 2.29. The average molecular weight is 263 g/mol. The molecule has 0 radical (unpaired) electrons. The fourth-order valence-corrected chi connectivity index (χ4v) is 1.10. The van der Waals surface area contributed by atoms with Crippen molar-refractivity contribution in [1.29, 1.82) is 0 Å². The Labute approximate surface area is 111 Å². The van der Waals surface area contributed by atoms with E-state index in [-0.39, 0.29) is 5.56 Å². The SMILES string of the molecule is CC(C)(C)OC(=O)NCCC#Cc1c[nH]c(=O)cn1. The van der Waals surface area contributed by atoms with Gasteiger partial charge in [-0.3, -0.25) is 4.79 Å². The van der Waals surface area contributed by atoms with E-state index in [2.05, 4.69) is 27.1 Å². The lowest BCUT2D eigenvalue weighted by atomic mass is 10.2. The van der Waals surface area contributed by atoms with Crippen LogP contribution >= 0.6 is 0 Å². The predicted molar refractivity (Wildman–Crippen MR) is 70.6 cm³/mol. The number of ether oxygens (including phenoxy) is 1. The Bertz CT molecular complexity index is 526. The quantitative estimate of drug-likeness (QED) is 0.616. The van der Waals surface area contributed by atoms with Crippen LogP contribution in [0, 0.1) is 11.8 Å². The molecule has 0 aromatic carbocycles. The van der Waals surface area contributed by atoms with Crippen LogP contribution in [0.25, 0.3) is 0 Å². The van der Waals surface area contributed by atoms with E-state index in [1.54, 1.807) is 20.8 Å². The fourth-order valence-electron chi connectivity index (χ4n) is 1.10. The Morgan fingerprint density at radius 3 is 2.84 bits per heavy atom. The number of amides is 1. The summed E-state index contributed by atoms with van der Waals surface area (Å²) in [5.41, 5.74) is -0.288. The van der Waals surface area contributed by atoms with Gasteiger partial charge in [-0.2, -0.15) is 0 Å². The number of hydrogen-bond acceptors (Lipinski definition) is 4. The van der Waals surface area contributed by atoms with Gasteiger partial charge >= 0.3 is 6.09 Å². The lowest BCUT2D eigenvalue weighted by Crippen LogP contribution is -2.32. The molecule has 0 aliphatic rings. The summed E-state index contributed by atoms with van der Waals surface area (Å²) in [4.78, 5) is 28.4. The van der Waals surface area contributed by atoms with E-state index in [0.29, 0.717) is 18.7 Å². The molecule has 0 fully saturated rings. The molecule has 1 rings (SSSR count). The van der Waals surface area contributed by atoms with E-state index in [0.717, 1.165) is 0 Å². The van der Waals surface area contributed by atoms with E-state index < -0.39 is 11.7 Å².